The van der Waals surface area contributed by atoms with Gasteiger partial charge in [-0.05, 0) is 37.1 Å². The first-order chi connectivity index (χ1) is 13.4. The number of rotatable bonds is 6. The van der Waals surface area contributed by atoms with Crippen molar-refractivity contribution in [3.8, 4) is 0 Å². The summed E-state index contributed by atoms with van der Waals surface area (Å²) in [6, 6.07) is 12.5. The zero-order chi connectivity index (χ0) is 22.5. The number of ether oxygens (including phenoxy) is 1. The first kappa shape index (κ1) is 27.1. The molecule has 0 aromatic heterocycles. The zero-order valence-corrected chi connectivity index (χ0v) is 17.7. The molecule has 0 aliphatic heterocycles. The molecule has 4 N–H and O–H groups in total. The van der Waals surface area contributed by atoms with Gasteiger partial charge in [-0.3, -0.25) is 9.11 Å². The molecule has 0 aliphatic rings. The number of hydrogen-bond donors (Lipinski definition) is 4. The first-order valence-corrected chi connectivity index (χ1v) is 11.2. The van der Waals surface area contributed by atoms with E-state index in [4.69, 9.17) is 19.3 Å². The van der Waals surface area contributed by atoms with Crippen molar-refractivity contribution in [1.29, 1.82) is 0 Å². The molecule has 2 rings (SSSR count). The van der Waals surface area contributed by atoms with Crippen LogP contribution in [0.1, 0.15) is 11.1 Å². The van der Waals surface area contributed by atoms with Crippen LogP contribution in [0.2, 0.25) is 0 Å². The molecule has 0 aliphatic carbocycles. The molecule has 0 fully saturated rings. The van der Waals surface area contributed by atoms with E-state index >= 15 is 0 Å². The Morgan fingerprint density at radius 1 is 0.690 bits per heavy atom. The lowest BCUT2D eigenvalue weighted by Gasteiger charge is -1.99. The monoisotopic (exact) mass is 450 g/mol. The Bertz CT molecular complexity index is 862. The topological polar surface area (TPSA) is 158 Å². The Hall–Kier alpha value is -1.86. The standard InChI is InChI=1S/2C7H8O3S.C4H10O3/c2*1-6-4-2-3-5-7(6)11(8,9)10;5-1-3-7-4-2-6/h2*2-5H,1H3,(H,8,9,10);5-6H,1-4H2. The summed E-state index contributed by atoms with van der Waals surface area (Å²) < 4.78 is 64.4. The van der Waals surface area contributed by atoms with Crippen LogP contribution in [-0.2, 0) is 25.0 Å². The Morgan fingerprint density at radius 2 is 1.00 bits per heavy atom. The molecular weight excluding hydrogens is 424 g/mol. The second kappa shape index (κ2) is 13.4. The van der Waals surface area contributed by atoms with E-state index in [0.717, 1.165) is 0 Å². The maximum atomic E-state index is 10.6. The van der Waals surface area contributed by atoms with Gasteiger partial charge in [-0.25, -0.2) is 0 Å². The fourth-order valence-corrected chi connectivity index (χ4v) is 3.37. The van der Waals surface area contributed by atoms with E-state index < -0.39 is 20.2 Å². The summed E-state index contributed by atoms with van der Waals surface area (Å²) in [5.41, 5.74) is 1.10. The predicted molar refractivity (Wildman–Crippen MR) is 107 cm³/mol. The third-order valence-electron chi connectivity index (χ3n) is 3.21. The van der Waals surface area contributed by atoms with Gasteiger partial charge in [0.25, 0.3) is 20.2 Å². The third-order valence-corrected chi connectivity index (χ3v) is 5.24. The second-order valence-corrected chi connectivity index (χ2v) is 8.32. The Kier molecular flexibility index (Phi) is 12.5. The zero-order valence-electron chi connectivity index (χ0n) is 16.1. The van der Waals surface area contributed by atoms with Gasteiger partial charge in [-0.15, -0.1) is 0 Å². The van der Waals surface area contributed by atoms with Crippen molar-refractivity contribution < 1.29 is 40.9 Å². The minimum Gasteiger partial charge on any atom is -0.394 e. The molecule has 29 heavy (non-hydrogen) atoms. The molecule has 9 nitrogen and oxygen atoms in total. The second-order valence-electron chi connectivity index (χ2n) is 5.54. The molecule has 0 saturated carbocycles. The molecule has 2 aromatic rings. The van der Waals surface area contributed by atoms with Crippen molar-refractivity contribution in [1.82, 2.24) is 0 Å². The van der Waals surface area contributed by atoms with Crippen LogP contribution >= 0.6 is 0 Å². The summed E-state index contributed by atoms with van der Waals surface area (Å²) in [6.07, 6.45) is 0. The molecular formula is C18H26O9S2. The fraction of sp³-hybridized carbons (Fsp3) is 0.333. The van der Waals surface area contributed by atoms with Gasteiger partial charge in [-0.1, -0.05) is 36.4 Å². The van der Waals surface area contributed by atoms with Crippen LogP contribution in [-0.4, -0.2) is 62.6 Å². The van der Waals surface area contributed by atoms with Crippen molar-refractivity contribution in [3.63, 3.8) is 0 Å². The average molecular weight is 451 g/mol. The number of aliphatic hydroxyl groups excluding tert-OH is 2. The van der Waals surface area contributed by atoms with Crippen molar-refractivity contribution in [2.24, 2.45) is 0 Å². The SMILES string of the molecule is Cc1ccccc1S(=O)(=O)O.Cc1ccccc1S(=O)(=O)O.OCCOCCO. The normalized spacial score (nSPS) is 11.0. The minimum atomic E-state index is -4.03. The van der Waals surface area contributed by atoms with E-state index in [-0.39, 0.29) is 23.0 Å². The van der Waals surface area contributed by atoms with Crippen LogP contribution in [0.15, 0.2) is 58.3 Å². The minimum absolute atomic E-state index is 0.0278. The number of hydrogen-bond acceptors (Lipinski definition) is 7. The quantitative estimate of drug-likeness (QED) is 0.377. The highest BCUT2D eigenvalue weighted by atomic mass is 32.2. The van der Waals surface area contributed by atoms with Crippen LogP contribution in [0.4, 0.5) is 0 Å². The Morgan fingerprint density at radius 3 is 1.21 bits per heavy atom. The lowest BCUT2D eigenvalue weighted by Crippen LogP contribution is -2.03. The molecule has 0 unspecified atom stereocenters. The fourth-order valence-electron chi connectivity index (χ4n) is 1.92. The predicted octanol–water partition coefficient (Wildman–Crippen LogP) is 1.47. The molecule has 0 saturated heterocycles. The van der Waals surface area contributed by atoms with Crippen LogP contribution in [0.3, 0.4) is 0 Å². The number of benzene rings is 2. The first-order valence-electron chi connectivity index (χ1n) is 8.30. The van der Waals surface area contributed by atoms with Gasteiger partial charge in [0.1, 0.15) is 0 Å². The van der Waals surface area contributed by atoms with Gasteiger partial charge < -0.3 is 14.9 Å². The van der Waals surface area contributed by atoms with E-state index in [1.807, 2.05) is 0 Å². The smallest absolute Gasteiger partial charge is 0.294 e. The Balaban J connectivity index is 0.000000419. The van der Waals surface area contributed by atoms with Crippen LogP contribution in [0.25, 0.3) is 0 Å². The van der Waals surface area contributed by atoms with Crippen molar-refractivity contribution in [3.05, 3.63) is 59.7 Å². The van der Waals surface area contributed by atoms with E-state index in [1.165, 1.54) is 12.1 Å². The van der Waals surface area contributed by atoms with Crippen LogP contribution in [0.5, 0.6) is 0 Å². The number of aliphatic hydroxyl groups is 2. The van der Waals surface area contributed by atoms with Crippen LogP contribution in [0, 0.1) is 13.8 Å². The third kappa shape index (κ3) is 11.7. The maximum Gasteiger partial charge on any atom is 0.294 e. The van der Waals surface area contributed by atoms with E-state index in [2.05, 4.69) is 4.74 Å². The summed E-state index contributed by atoms with van der Waals surface area (Å²) >= 11 is 0. The molecule has 0 spiro atoms. The molecule has 164 valence electrons. The highest BCUT2D eigenvalue weighted by molar-refractivity contribution is 7.86. The molecule has 0 amide bonds. The van der Waals surface area contributed by atoms with Gasteiger partial charge >= 0.3 is 0 Å². The summed E-state index contributed by atoms with van der Waals surface area (Å²) in [5.74, 6) is 0. The highest BCUT2D eigenvalue weighted by Crippen LogP contribution is 2.13. The largest absolute Gasteiger partial charge is 0.394 e. The van der Waals surface area contributed by atoms with E-state index in [0.29, 0.717) is 24.3 Å². The van der Waals surface area contributed by atoms with Crippen molar-refractivity contribution >= 4 is 20.2 Å². The van der Waals surface area contributed by atoms with Gasteiger partial charge in [-0.2, -0.15) is 16.8 Å². The van der Waals surface area contributed by atoms with Gasteiger partial charge in [0, 0.05) is 0 Å². The molecule has 0 bridgehead atoms. The van der Waals surface area contributed by atoms with Crippen molar-refractivity contribution in [2.75, 3.05) is 26.4 Å². The summed E-state index contributed by atoms with van der Waals surface area (Å²) in [7, 11) is -8.07. The summed E-state index contributed by atoms with van der Waals surface area (Å²) in [4.78, 5) is -0.0556. The van der Waals surface area contributed by atoms with Gasteiger partial charge in [0.2, 0.25) is 0 Å². The molecule has 0 atom stereocenters. The molecule has 0 radical (unpaired) electrons. The maximum absolute atomic E-state index is 10.6. The molecule has 11 heteroatoms. The van der Waals surface area contributed by atoms with E-state index in [9.17, 15) is 16.8 Å². The molecule has 0 heterocycles. The Labute approximate surface area is 171 Å². The van der Waals surface area contributed by atoms with Gasteiger partial charge in [0.15, 0.2) is 0 Å². The lowest BCUT2D eigenvalue weighted by atomic mass is 10.2. The lowest BCUT2D eigenvalue weighted by molar-refractivity contribution is 0.0650. The van der Waals surface area contributed by atoms with Gasteiger partial charge in [0.05, 0.1) is 36.2 Å². The summed E-state index contributed by atoms with van der Waals surface area (Å²) in [6.45, 7) is 3.95. The highest BCUT2D eigenvalue weighted by Gasteiger charge is 2.11. The van der Waals surface area contributed by atoms with E-state index in [1.54, 1.807) is 50.2 Å². The summed E-state index contributed by atoms with van der Waals surface area (Å²) in [5, 5.41) is 16.2. The molecule has 2 aromatic carbocycles. The van der Waals surface area contributed by atoms with Crippen LogP contribution < -0.4 is 0 Å². The average Bonchev–Trinajstić information content (AvgIpc) is 2.62. The number of aryl methyl sites for hydroxylation is 2. The van der Waals surface area contributed by atoms with Crippen molar-refractivity contribution in [2.45, 2.75) is 23.6 Å².